The Balaban J connectivity index is 0.000000745. The van der Waals surface area contributed by atoms with Crippen LogP contribution in [0.15, 0.2) is 43.0 Å². The van der Waals surface area contributed by atoms with Crippen LogP contribution in [0.5, 0.6) is 0 Å². The molecule has 0 unspecified atom stereocenters. The van der Waals surface area contributed by atoms with E-state index in [-0.39, 0.29) is 18.7 Å². The highest BCUT2D eigenvalue weighted by Gasteiger charge is 2.18. The maximum Gasteiger partial charge on any atom is 0.409 e. The molecule has 0 aromatic heterocycles. The largest absolute Gasteiger partial charge is 0.448 e. The summed E-state index contributed by atoms with van der Waals surface area (Å²) in [4.78, 5) is 13.4. The van der Waals surface area contributed by atoms with E-state index in [4.69, 9.17) is 15.2 Å². The third-order valence-corrected chi connectivity index (χ3v) is 3.03. The summed E-state index contributed by atoms with van der Waals surface area (Å²) in [5.41, 5.74) is 7.11. The van der Waals surface area contributed by atoms with E-state index >= 15 is 0 Å². The third kappa shape index (κ3) is 7.24. The van der Waals surface area contributed by atoms with E-state index in [0.29, 0.717) is 32.7 Å². The first kappa shape index (κ1) is 18.2. The Labute approximate surface area is 132 Å². The van der Waals surface area contributed by atoms with Gasteiger partial charge in [0.15, 0.2) is 0 Å². The number of hydrogen-bond donors (Lipinski definition) is 1. The lowest BCUT2D eigenvalue weighted by Gasteiger charge is -2.26. The van der Waals surface area contributed by atoms with Gasteiger partial charge in [0.1, 0.15) is 6.61 Å². The minimum atomic E-state index is -0.299. The molecular formula is C17H26N2O3. The molecule has 1 saturated heterocycles. The van der Waals surface area contributed by atoms with E-state index in [1.54, 1.807) is 11.0 Å². The molecule has 2 rings (SSSR count). The number of ether oxygens (including phenoxy) is 2. The van der Waals surface area contributed by atoms with E-state index < -0.39 is 0 Å². The molecule has 1 aliphatic rings. The van der Waals surface area contributed by atoms with Crippen LogP contribution in [0.4, 0.5) is 4.79 Å². The lowest BCUT2D eigenvalue weighted by Crippen LogP contribution is -2.42. The Morgan fingerprint density at radius 3 is 2.59 bits per heavy atom. The highest BCUT2D eigenvalue weighted by Crippen LogP contribution is 2.04. The van der Waals surface area contributed by atoms with Gasteiger partial charge in [-0.25, -0.2) is 4.79 Å². The summed E-state index contributed by atoms with van der Waals surface area (Å²) in [6, 6.07) is 9.78. The van der Waals surface area contributed by atoms with Crippen LogP contribution < -0.4 is 5.73 Å². The molecule has 122 valence electrons. The van der Waals surface area contributed by atoms with Crippen molar-refractivity contribution in [2.24, 2.45) is 5.73 Å². The van der Waals surface area contributed by atoms with Crippen LogP contribution in [-0.2, 0) is 15.9 Å². The second-order valence-electron chi connectivity index (χ2n) is 5.03. The van der Waals surface area contributed by atoms with Crippen LogP contribution in [0, 0.1) is 0 Å². The van der Waals surface area contributed by atoms with Crippen LogP contribution in [-0.4, -0.2) is 49.9 Å². The van der Waals surface area contributed by atoms with Gasteiger partial charge < -0.3 is 20.1 Å². The molecule has 5 nitrogen and oxygen atoms in total. The first-order valence-electron chi connectivity index (χ1n) is 7.53. The van der Waals surface area contributed by atoms with Crippen LogP contribution >= 0.6 is 0 Å². The van der Waals surface area contributed by atoms with Crippen LogP contribution in [0.3, 0.4) is 0 Å². The summed E-state index contributed by atoms with van der Waals surface area (Å²) in [6.45, 7) is 7.82. The molecule has 0 spiro atoms. The zero-order chi connectivity index (χ0) is 16.2. The summed E-state index contributed by atoms with van der Waals surface area (Å²) in [6.07, 6.45) is 2.16. The Hall–Kier alpha value is -1.85. The molecule has 5 heteroatoms. The van der Waals surface area contributed by atoms with Gasteiger partial charge in [0.05, 0.1) is 13.2 Å². The molecule has 1 amide bonds. The summed E-state index contributed by atoms with van der Waals surface area (Å²) in [5.74, 6) is 0. The SMILES string of the molecule is C=CC.N[C@@H](COC(=O)N1CCOCC1)Cc1ccccc1. The Morgan fingerprint density at radius 1 is 1.41 bits per heavy atom. The van der Waals surface area contributed by atoms with E-state index in [1.165, 1.54) is 0 Å². The smallest absolute Gasteiger partial charge is 0.409 e. The van der Waals surface area contributed by atoms with Gasteiger partial charge >= 0.3 is 6.09 Å². The zero-order valence-corrected chi connectivity index (χ0v) is 13.2. The number of morpholine rings is 1. The predicted molar refractivity (Wildman–Crippen MR) is 87.7 cm³/mol. The topological polar surface area (TPSA) is 64.8 Å². The van der Waals surface area contributed by atoms with Gasteiger partial charge in [0, 0.05) is 19.1 Å². The number of amides is 1. The monoisotopic (exact) mass is 306 g/mol. The minimum absolute atomic E-state index is 0.174. The quantitative estimate of drug-likeness (QED) is 0.866. The standard InChI is InChI=1S/C14H20N2O3.C3H6/c15-13(10-12-4-2-1-3-5-12)11-19-14(17)16-6-8-18-9-7-16;1-3-2/h1-5,13H,6-11,15H2;3H,1H2,2H3/t13-;/m1./s1. The van der Waals surface area contributed by atoms with Crippen LogP contribution in [0.2, 0.25) is 0 Å². The number of carbonyl (C=O) groups is 1. The number of benzene rings is 1. The van der Waals surface area contributed by atoms with Gasteiger partial charge in [-0.3, -0.25) is 0 Å². The molecular weight excluding hydrogens is 280 g/mol. The molecule has 1 aromatic rings. The Kier molecular flexibility index (Phi) is 8.95. The van der Waals surface area contributed by atoms with Crippen molar-refractivity contribution < 1.29 is 14.3 Å². The number of rotatable bonds is 4. The fraction of sp³-hybridized carbons (Fsp3) is 0.471. The first-order valence-corrected chi connectivity index (χ1v) is 7.53. The molecule has 1 aromatic carbocycles. The highest BCUT2D eigenvalue weighted by atomic mass is 16.6. The van der Waals surface area contributed by atoms with E-state index in [2.05, 4.69) is 6.58 Å². The first-order chi connectivity index (χ1) is 10.7. The van der Waals surface area contributed by atoms with Crippen molar-refractivity contribution >= 4 is 6.09 Å². The number of allylic oxidation sites excluding steroid dienone is 1. The molecule has 22 heavy (non-hydrogen) atoms. The van der Waals surface area contributed by atoms with Crippen molar-refractivity contribution in [2.75, 3.05) is 32.9 Å². The number of nitrogens with two attached hydrogens (primary N) is 1. The van der Waals surface area contributed by atoms with E-state index in [1.807, 2.05) is 37.3 Å². The molecule has 0 bridgehead atoms. The zero-order valence-electron chi connectivity index (χ0n) is 13.2. The summed E-state index contributed by atoms with van der Waals surface area (Å²) >= 11 is 0. The third-order valence-electron chi connectivity index (χ3n) is 3.03. The van der Waals surface area contributed by atoms with Crippen molar-refractivity contribution in [3.8, 4) is 0 Å². The number of hydrogen-bond acceptors (Lipinski definition) is 4. The maximum absolute atomic E-state index is 11.7. The second kappa shape index (κ2) is 10.8. The van der Waals surface area contributed by atoms with Gasteiger partial charge in [-0.2, -0.15) is 0 Å². The number of carbonyl (C=O) groups excluding carboxylic acids is 1. The van der Waals surface area contributed by atoms with Crippen LogP contribution in [0.1, 0.15) is 12.5 Å². The summed E-state index contributed by atoms with van der Waals surface area (Å²) in [5, 5.41) is 0. The normalized spacial score (nSPS) is 15.3. The van der Waals surface area contributed by atoms with Crippen molar-refractivity contribution in [3.63, 3.8) is 0 Å². The van der Waals surface area contributed by atoms with E-state index in [0.717, 1.165) is 5.56 Å². The maximum atomic E-state index is 11.7. The fourth-order valence-corrected chi connectivity index (χ4v) is 1.99. The lowest BCUT2D eigenvalue weighted by atomic mass is 10.1. The minimum Gasteiger partial charge on any atom is -0.448 e. The highest BCUT2D eigenvalue weighted by molar-refractivity contribution is 5.67. The molecule has 1 atom stereocenters. The van der Waals surface area contributed by atoms with Gasteiger partial charge in [-0.1, -0.05) is 36.4 Å². The molecule has 1 aliphatic heterocycles. The van der Waals surface area contributed by atoms with Crippen molar-refractivity contribution in [1.29, 1.82) is 0 Å². The molecule has 0 radical (unpaired) electrons. The molecule has 2 N–H and O–H groups in total. The van der Waals surface area contributed by atoms with Gasteiger partial charge in [0.2, 0.25) is 0 Å². The predicted octanol–water partition coefficient (Wildman–Crippen LogP) is 2.22. The Bertz CT molecular complexity index is 431. The summed E-state index contributed by atoms with van der Waals surface area (Å²) in [7, 11) is 0. The van der Waals surface area contributed by atoms with Crippen molar-refractivity contribution in [2.45, 2.75) is 19.4 Å². The second-order valence-corrected chi connectivity index (χ2v) is 5.03. The summed E-state index contributed by atoms with van der Waals surface area (Å²) < 4.78 is 10.4. The molecule has 0 saturated carbocycles. The molecule has 1 fully saturated rings. The molecule has 1 heterocycles. The van der Waals surface area contributed by atoms with Crippen LogP contribution in [0.25, 0.3) is 0 Å². The average Bonchev–Trinajstić information content (AvgIpc) is 2.55. The van der Waals surface area contributed by atoms with Gasteiger partial charge in [-0.15, -0.1) is 6.58 Å². The van der Waals surface area contributed by atoms with Crippen molar-refractivity contribution in [3.05, 3.63) is 48.6 Å². The average molecular weight is 306 g/mol. The van der Waals surface area contributed by atoms with E-state index in [9.17, 15) is 4.79 Å². The number of nitrogens with zero attached hydrogens (tertiary/aromatic N) is 1. The van der Waals surface area contributed by atoms with Gasteiger partial charge in [-0.05, 0) is 18.9 Å². The fourth-order valence-electron chi connectivity index (χ4n) is 1.99. The Morgan fingerprint density at radius 2 is 2.00 bits per heavy atom. The van der Waals surface area contributed by atoms with Crippen molar-refractivity contribution in [1.82, 2.24) is 4.90 Å². The lowest BCUT2D eigenvalue weighted by molar-refractivity contribution is 0.0257. The molecule has 0 aliphatic carbocycles. The van der Waals surface area contributed by atoms with Gasteiger partial charge in [0.25, 0.3) is 0 Å².